The van der Waals surface area contributed by atoms with Crippen molar-refractivity contribution in [3.05, 3.63) is 158 Å². The third kappa shape index (κ3) is 66.4. The fraction of sp³-hybridized carbons (Fsp3) is 0.603. The monoisotopic (exact) mass is 1310 g/mol. The van der Waals surface area contributed by atoms with E-state index in [-0.39, 0.29) is 19.3 Å². The second-order valence-electron chi connectivity index (χ2n) is 21.8. The van der Waals surface area contributed by atoms with Crippen molar-refractivity contribution in [2.24, 2.45) is 0 Å². The number of carbonyl (C=O) groups excluding carboxylic acids is 3. The highest BCUT2D eigenvalue weighted by Crippen LogP contribution is 2.45. The van der Waals surface area contributed by atoms with Gasteiger partial charge < -0.3 is 34.2 Å². The van der Waals surface area contributed by atoms with E-state index in [0.29, 0.717) is 25.7 Å². The molecule has 0 aliphatic rings. The molecule has 5 atom stereocenters. The first-order valence-electron chi connectivity index (χ1n) is 33.8. The Bertz CT molecular complexity index is 2290. The molecule has 5 unspecified atom stereocenters. The van der Waals surface area contributed by atoms with Crippen molar-refractivity contribution >= 4 is 33.6 Å². The Morgan fingerprint density at radius 2 is 0.571 bits per heavy atom. The standard InChI is InChI=1S/C73H118O16P2/c1-4-7-10-13-16-19-22-25-28-31-33-36-38-41-44-47-50-53-56-59-71(76)83-62-68(74)63-85-90(79,80)86-64-69(75)65-87-91(81,82)88-67-70(89-73(78)61-58-55-52-49-46-43-40-35-30-27-24-21-18-15-12-9-6-3)66-84-72(77)60-57-54-51-48-45-42-39-37-34-32-29-26-23-20-17-14-11-8-5-2/h7-12,16-21,25-30,33-34,36-37,41,44,50,53,68-70,74-75H,4-6,13-15,22-24,31-32,35,38-40,42-43,45-49,51-52,54-67H2,1-3H3,(H,79,80)(H,81,82)/b10-7-,11-8-,12-9-,19-16-,20-17-,21-18-,28-25-,29-26-,30-27-,36-33-,37-34-,44-41-,53-50-. The van der Waals surface area contributed by atoms with Crippen molar-refractivity contribution in [2.75, 3.05) is 39.6 Å². The van der Waals surface area contributed by atoms with Crippen LogP contribution in [0, 0.1) is 0 Å². The zero-order valence-electron chi connectivity index (χ0n) is 55.7. The van der Waals surface area contributed by atoms with Crippen LogP contribution in [0.3, 0.4) is 0 Å². The normalized spacial score (nSPS) is 15.2. The average Bonchev–Trinajstić information content (AvgIpc) is 3.02. The molecule has 0 aromatic heterocycles. The lowest BCUT2D eigenvalue weighted by Crippen LogP contribution is -2.30. The Labute approximate surface area is 549 Å². The minimum Gasteiger partial charge on any atom is -0.463 e. The molecule has 16 nitrogen and oxygen atoms in total. The first-order chi connectivity index (χ1) is 44.2. The maximum atomic E-state index is 12.9. The number of rotatable bonds is 62. The number of phosphoric acid groups is 2. The van der Waals surface area contributed by atoms with Gasteiger partial charge in [-0.25, -0.2) is 9.13 Å². The average molecular weight is 1310 g/mol. The summed E-state index contributed by atoms with van der Waals surface area (Å²) in [6.07, 6.45) is 78.7. The fourth-order valence-corrected chi connectivity index (χ4v) is 9.77. The van der Waals surface area contributed by atoms with Crippen LogP contribution in [0.4, 0.5) is 0 Å². The van der Waals surface area contributed by atoms with Crippen LogP contribution in [0.2, 0.25) is 0 Å². The minimum absolute atomic E-state index is 0.0550. The topological polar surface area (TPSA) is 231 Å². The van der Waals surface area contributed by atoms with E-state index >= 15 is 0 Å². The molecule has 0 aliphatic heterocycles. The van der Waals surface area contributed by atoms with Crippen LogP contribution in [0.15, 0.2) is 158 Å². The number of aliphatic hydroxyl groups excluding tert-OH is 2. The number of hydrogen-bond donors (Lipinski definition) is 4. The maximum absolute atomic E-state index is 12.9. The number of esters is 3. The smallest absolute Gasteiger partial charge is 0.463 e. The lowest BCUT2D eigenvalue weighted by molar-refractivity contribution is -0.161. The summed E-state index contributed by atoms with van der Waals surface area (Å²) in [5, 5.41) is 20.5. The molecule has 516 valence electrons. The van der Waals surface area contributed by atoms with E-state index in [1.54, 1.807) is 0 Å². The molecule has 0 fully saturated rings. The van der Waals surface area contributed by atoms with E-state index in [2.05, 4.69) is 161 Å². The van der Waals surface area contributed by atoms with E-state index in [1.165, 1.54) is 0 Å². The van der Waals surface area contributed by atoms with Gasteiger partial charge in [-0.15, -0.1) is 0 Å². The Hall–Kier alpha value is -4.83. The van der Waals surface area contributed by atoms with Crippen LogP contribution in [0.5, 0.6) is 0 Å². The van der Waals surface area contributed by atoms with Crippen molar-refractivity contribution in [3.8, 4) is 0 Å². The first-order valence-corrected chi connectivity index (χ1v) is 36.8. The molecule has 0 heterocycles. The Morgan fingerprint density at radius 1 is 0.308 bits per heavy atom. The van der Waals surface area contributed by atoms with E-state index in [1.807, 2.05) is 18.2 Å². The number of ether oxygens (including phenoxy) is 3. The number of phosphoric ester groups is 2. The summed E-state index contributed by atoms with van der Waals surface area (Å²) in [5.74, 6) is -1.70. The summed E-state index contributed by atoms with van der Waals surface area (Å²) in [6, 6.07) is 0. The van der Waals surface area contributed by atoms with Crippen molar-refractivity contribution < 1.29 is 75.8 Å². The zero-order chi connectivity index (χ0) is 66.7. The van der Waals surface area contributed by atoms with Gasteiger partial charge in [0.15, 0.2) is 6.10 Å². The van der Waals surface area contributed by atoms with Crippen molar-refractivity contribution in [1.82, 2.24) is 0 Å². The van der Waals surface area contributed by atoms with Gasteiger partial charge in [-0.3, -0.25) is 32.5 Å². The third-order valence-electron chi connectivity index (χ3n) is 13.2. The maximum Gasteiger partial charge on any atom is 0.472 e. The molecule has 0 aromatic rings. The molecule has 0 aliphatic carbocycles. The molecule has 0 saturated carbocycles. The van der Waals surface area contributed by atoms with Gasteiger partial charge in [-0.05, 0) is 128 Å². The summed E-state index contributed by atoms with van der Waals surface area (Å²) in [4.78, 5) is 58.4. The molecule has 4 N–H and O–H groups in total. The van der Waals surface area contributed by atoms with Gasteiger partial charge in [0.1, 0.15) is 25.4 Å². The van der Waals surface area contributed by atoms with Gasteiger partial charge in [0.2, 0.25) is 0 Å². The Kier molecular flexibility index (Phi) is 61.8. The highest BCUT2D eigenvalue weighted by atomic mass is 31.2. The molecular formula is C73H118O16P2. The number of unbranched alkanes of at least 4 members (excludes halogenated alkanes) is 13. The highest BCUT2D eigenvalue weighted by Gasteiger charge is 2.29. The molecular weight excluding hydrogens is 1190 g/mol. The van der Waals surface area contributed by atoms with E-state index in [9.17, 15) is 43.5 Å². The van der Waals surface area contributed by atoms with Crippen LogP contribution in [0.25, 0.3) is 0 Å². The van der Waals surface area contributed by atoms with Crippen LogP contribution < -0.4 is 0 Å². The van der Waals surface area contributed by atoms with Crippen molar-refractivity contribution in [1.29, 1.82) is 0 Å². The predicted octanol–water partition coefficient (Wildman–Crippen LogP) is 18.7. The van der Waals surface area contributed by atoms with E-state index < -0.39 is 91.5 Å². The summed E-state index contributed by atoms with van der Waals surface area (Å²) in [6.45, 7) is 2.18. The largest absolute Gasteiger partial charge is 0.472 e. The van der Waals surface area contributed by atoms with Crippen LogP contribution in [-0.2, 0) is 55.8 Å². The molecule has 0 bridgehead atoms. The number of allylic oxidation sites excluding steroid dienone is 26. The minimum atomic E-state index is -4.94. The van der Waals surface area contributed by atoms with Crippen LogP contribution in [0.1, 0.15) is 226 Å². The quantitative estimate of drug-likeness (QED) is 0.0146. The SMILES string of the molecule is CC/C=C\C/C=C\C/C=C\C/C=C\C/C=C\C/C=C\CCC(=O)OCC(O)COP(=O)(O)OCC(O)COP(=O)(O)OCC(COC(=O)CCCCCCCC/C=C\C/C=C\C/C=C\C/C=C\CC)OC(=O)CCCCCCCCC/C=C\C/C=C\C/C=C\CC. The van der Waals surface area contributed by atoms with Gasteiger partial charge in [0.05, 0.1) is 26.4 Å². The summed E-state index contributed by atoms with van der Waals surface area (Å²) < 4.78 is 60.8. The molecule has 0 rings (SSSR count). The Morgan fingerprint density at radius 3 is 0.934 bits per heavy atom. The molecule has 0 amide bonds. The molecule has 18 heteroatoms. The summed E-state index contributed by atoms with van der Waals surface area (Å²) >= 11 is 0. The van der Waals surface area contributed by atoms with Crippen molar-refractivity contribution in [2.45, 2.75) is 245 Å². The van der Waals surface area contributed by atoms with E-state index in [4.69, 9.17) is 32.3 Å². The van der Waals surface area contributed by atoms with Crippen LogP contribution in [-0.4, -0.2) is 95.9 Å². The molecule has 0 radical (unpaired) electrons. The summed E-state index contributed by atoms with van der Waals surface area (Å²) in [7, 11) is -9.82. The van der Waals surface area contributed by atoms with Gasteiger partial charge in [0, 0.05) is 19.3 Å². The fourth-order valence-electron chi connectivity index (χ4n) is 8.19. The molecule has 0 aromatic carbocycles. The highest BCUT2D eigenvalue weighted by molar-refractivity contribution is 7.47. The predicted molar refractivity (Wildman–Crippen MR) is 371 cm³/mol. The lowest BCUT2D eigenvalue weighted by atomic mass is 10.1. The third-order valence-corrected chi connectivity index (χ3v) is 15.1. The lowest BCUT2D eigenvalue weighted by Gasteiger charge is -2.21. The molecule has 91 heavy (non-hydrogen) atoms. The molecule has 0 spiro atoms. The zero-order valence-corrected chi connectivity index (χ0v) is 57.5. The molecule has 0 saturated heterocycles. The summed E-state index contributed by atoms with van der Waals surface area (Å²) in [5.41, 5.74) is 0. The second-order valence-corrected chi connectivity index (χ2v) is 24.7. The Balaban J connectivity index is 4.81. The van der Waals surface area contributed by atoms with Gasteiger partial charge in [-0.1, -0.05) is 237 Å². The number of carbonyl (C=O) groups is 3. The number of aliphatic hydroxyl groups is 2. The van der Waals surface area contributed by atoms with Crippen LogP contribution >= 0.6 is 15.6 Å². The number of hydrogen-bond acceptors (Lipinski definition) is 14. The van der Waals surface area contributed by atoms with Gasteiger partial charge in [0.25, 0.3) is 0 Å². The van der Waals surface area contributed by atoms with E-state index in [0.717, 1.165) is 161 Å². The first kappa shape index (κ1) is 86.2. The second kappa shape index (κ2) is 65.2. The van der Waals surface area contributed by atoms with Gasteiger partial charge in [-0.2, -0.15) is 0 Å². The van der Waals surface area contributed by atoms with Crippen molar-refractivity contribution in [3.63, 3.8) is 0 Å². The van der Waals surface area contributed by atoms with Gasteiger partial charge >= 0.3 is 33.6 Å².